The van der Waals surface area contributed by atoms with Gasteiger partial charge in [-0.05, 0) is 27.7 Å². The van der Waals surface area contributed by atoms with Crippen LogP contribution in [0.3, 0.4) is 0 Å². The molecule has 1 atom stereocenters. The van der Waals surface area contributed by atoms with Crippen LogP contribution < -0.4 is 0 Å². The first-order chi connectivity index (χ1) is 8.33. The van der Waals surface area contributed by atoms with E-state index in [2.05, 4.69) is 0 Å². The molecule has 18 heavy (non-hydrogen) atoms. The number of rotatable bonds is 4. The highest BCUT2D eigenvalue weighted by Crippen LogP contribution is 2.21. The van der Waals surface area contributed by atoms with Gasteiger partial charge in [-0.2, -0.15) is 0 Å². The van der Waals surface area contributed by atoms with Crippen LogP contribution in [-0.2, 0) is 19.0 Å². The smallest absolute Gasteiger partial charge is 0.412 e. The van der Waals surface area contributed by atoms with Gasteiger partial charge in [0.05, 0.1) is 6.61 Å². The predicted octanol–water partition coefficient (Wildman–Crippen LogP) is 1.53. The lowest BCUT2D eigenvalue weighted by Crippen LogP contribution is -2.54. The van der Waals surface area contributed by atoms with E-state index in [0.29, 0.717) is 19.6 Å². The van der Waals surface area contributed by atoms with Gasteiger partial charge in [-0.25, -0.2) is 9.59 Å². The van der Waals surface area contributed by atoms with Crippen molar-refractivity contribution in [2.75, 3.05) is 19.8 Å². The largest absolute Gasteiger partial charge is 0.464 e. The van der Waals surface area contributed by atoms with Crippen molar-refractivity contribution in [2.45, 2.75) is 45.9 Å². The molecule has 104 valence electrons. The molecular weight excluding hydrogens is 238 g/mol. The Labute approximate surface area is 107 Å². The zero-order valence-electron chi connectivity index (χ0n) is 11.4. The van der Waals surface area contributed by atoms with Gasteiger partial charge in [0, 0.05) is 13.0 Å². The van der Waals surface area contributed by atoms with E-state index >= 15 is 0 Å². The molecule has 1 saturated heterocycles. The zero-order valence-corrected chi connectivity index (χ0v) is 11.4. The fourth-order valence-electron chi connectivity index (χ4n) is 1.43. The van der Waals surface area contributed by atoms with E-state index in [1.54, 1.807) is 27.7 Å². The summed E-state index contributed by atoms with van der Waals surface area (Å²) in [7, 11) is 0. The number of nitrogens with zero attached hydrogens (tertiary/aromatic N) is 1. The first-order valence-corrected chi connectivity index (χ1v) is 6.10. The van der Waals surface area contributed by atoms with E-state index < -0.39 is 17.7 Å². The fraction of sp³-hybridized carbons (Fsp3) is 0.833. The maximum atomic E-state index is 11.7. The predicted molar refractivity (Wildman–Crippen MR) is 63.9 cm³/mol. The summed E-state index contributed by atoms with van der Waals surface area (Å²) in [6.45, 7) is 7.91. The number of hydrogen-bond acceptors (Lipinski definition) is 5. The summed E-state index contributed by atoms with van der Waals surface area (Å²) in [5.74, 6) is -0.423. The quantitative estimate of drug-likeness (QED) is 0.716. The minimum Gasteiger partial charge on any atom is -0.464 e. The molecule has 1 aliphatic rings. The van der Waals surface area contributed by atoms with Gasteiger partial charge in [-0.15, -0.1) is 0 Å². The van der Waals surface area contributed by atoms with Crippen LogP contribution in [0, 0.1) is 0 Å². The number of amides is 1. The first kappa shape index (κ1) is 14.8. The third-order valence-electron chi connectivity index (χ3n) is 2.29. The number of esters is 1. The molecule has 1 heterocycles. The molecular formula is C12H21NO5. The maximum absolute atomic E-state index is 11.7. The normalized spacial score (nSPS) is 19.1. The Hall–Kier alpha value is -1.30. The number of likely N-dealkylation sites (tertiary alicyclic amines) is 1. The van der Waals surface area contributed by atoms with Crippen LogP contribution >= 0.6 is 0 Å². The van der Waals surface area contributed by atoms with Gasteiger partial charge in [-0.3, -0.25) is 4.90 Å². The topological polar surface area (TPSA) is 65.1 Å². The fourth-order valence-corrected chi connectivity index (χ4v) is 1.43. The highest BCUT2D eigenvalue weighted by molar-refractivity contribution is 5.71. The molecule has 1 rings (SSSR count). The van der Waals surface area contributed by atoms with Crippen molar-refractivity contribution in [1.29, 1.82) is 0 Å². The highest BCUT2D eigenvalue weighted by Gasteiger charge is 2.36. The van der Waals surface area contributed by atoms with Crippen LogP contribution in [-0.4, -0.2) is 48.5 Å². The number of hydrogen-bond donors (Lipinski definition) is 0. The van der Waals surface area contributed by atoms with Gasteiger partial charge in [0.2, 0.25) is 0 Å². The van der Waals surface area contributed by atoms with Gasteiger partial charge in [0.25, 0.3) is 0 Å². The Morgan fingerprint density at radius 3 is 2.44 bits per heavy atom. The molecule has 0 aromatic rings. The molecule has 6 heteroatoms. The van der Waals surface area contributed by atoms with Gasteiger partial charge >= 0.3 is 12.1 Å². The van der Waals surface area contributed by atoms with Crippen molar-refractivity contribution >= 4 is 12.1 Å². The SMILES string of the molecule is CCOC(=O)COC1CCN1C(=O)OC(C)(C)C. The Morgan fingerprint density at radius 2 is 2.00 bits per heavy atom. The van der Waals surface area contributed by atoms with E-state index in [-0.39, 0.29) is 12.8 Å². The second-order valence-electron chi connectivity index (χ2n) is 5.03. The van der Waals surface area contributed by atoms with Crippen molar-refractivity contribution in [1.82, 2.24) is 4.90 Å². The summed E-state index contributed by atoms with van der Waals surface area (Å²) in [5.41, 5.74) is -0.529. The molecule has 6 nitrogen and oxygen atoms in total. The van der Waals surface area contributed by atoms with E-state index in [1.165, 1.54) is 4.90 Å². The standard InChI is InChI=1S/C12H21NO5/c1-5-16-10(14)8-17-9-6-7-13(9)11(15)18-12(2,3)4/h9H,5-8H2,1-4H3. The van der Waals surface area contributed by atoms with E-state index in [0.717, 1.165) is 0 Å². The second-order valence-corrected chi connectivity index (χ2v) is 5.03. The first-order valence-electron chi connectivity index (χ1n) is 6.10. The summed E-state index contributed by atoms with van der Waals surface area (Å²) < 4.78 is 15.2. The summed E-state index contributed by atoms with van der Waals surface area (Å²) in [6, 6.07) is 0. The van der Waals surface area contributed by atoms with Gasteiger partial charge < -0.3 is 14.2 Å². The van der Waals surface area contributed by atoms with E-state index in [1.807, 2.05) is 0 Å². The monoisotopic (exact) mass is 259 g/mol. The Morgan fingerprint density at radius 1 is 1.33 bits per heavy atom. The molecule has 0 radical (unpaired) electrons. The molecule has 1 fully saturated rings. The molecule has 0 bridgehead atoms. The molecule has 1 unspecified atom stereocenters. The minimum absolute atomic E-state index is 0.141. The maximum Gasteiger partial charge on any atom is 0.412 e. The Bertz CT molecular complexity index is 310. The number of carbonyl (C=O) groups is 2. The Balaban J connectivity index is 2.32. The molecule has 1 amide bonds. The average molecular weight is 259 g/mol. The van der Waals surface area contributed by atoms with Crippen LogP contribution in [0.25, 0.3) is 0 Å². The van der Waals surface area contributed by atoms with Gasteiger partial charge in [0.15, 0.2) is 0 Å². The third kappa shape index (κ3) is 4.52. The zero-order chi connectivity index (χ0) is 13.8. The van der Waals surface area contributed by atoms with E-state index in [4.69, 9.17) is 14.2 Å². The summed E-state index contributed by atoms with van der Waals surface area (Å²) in [4.78, 5) is 24.3. The summed E-state index contributed by atoms with van der Waals surface area (Å²) >= 11 is 0. The highest BCUT2D eigenvalue weighted by atomic mass is 16.6. The molecule has 0 N–H and O–H groups in total. The third-order valence-corrected chi connectivity index (χ3v) is 2.29. The van der Waals surface area contributed by atoms with Crippen LogP contribution in [0.5, 0.6) is 0 Å². The van der Waals surface area contributed by atoms with Crippen molar-refractivity contribution in [3.63, 3.8) is 0 Å². The molecule has 0 aliphatic carbocycles. The minimum atomic E-state index is -0.529. The van der Waals surface area contributed by atoms with Crippen molar-refractivity contribution < 1.29 is 23.8 Å². The summed E-state index contributed by atoms with van der Waals surface area (Å²) in [5, 5.41) is 0. The van der Waals surface area contributed by atoms with Crippen LogP contribution in [0.15, 0.2) is 0 Å². The average Bonchev–Trinajstić information content (AvgIpc) is 2.13. The van der Waals surface area contributed by atoms with Gasteiger partial charge in [0.1, 0.15) is 18.4 Å². The van der Waals surface area contributed by atoms with Crippen LogP contribution in [0.1, 0.15) is 34.1 Å². The lowest BCUT2D eigenvalue weighted by molar-refractivity contribution is -0.163. The van der Waals surface area contributed by atoms with Crippen molar-refractivity contribution in [3.05, 3.63) is 0 Å². The Kier molecular flexibility index (Phi) is 4.95. The van der Waals surface area contributed by atoms with Crippen LogP contribution in [0.4, 0.5) is 4.79 Å². The number of carbonyl (C=O) groups excluding carboxylic acids is 2. The van der Waals surface area contributed by atoms with E-state index in [9.17, 15) is 9.59 Å². The molecule has 0 aromatic heterocycles. The molecule has 0 saturated carbocycles. The van der Waals surface area contributed by atoms with Crippen molar-refractivity contribution in [3.8, 4) is 0 Å². The number of ether oxygens (including phenoxy) is 3. The van der Waals surface area contributed by atoms with Crippen LogP contribution in [0.2, 0.25) is 0 Å². The molecule has 1 aliphatic heterocycles. The molecule has 0 aromatic carbocycles. The molecule has 0 spiro atoms. The van der Waals surface area contributed by atoms with Crippen molar-refractivity contribution in [2.24, 2.45) is 0 Å². The lowest BCUT2D eigenvalue weighted by Gasteiger charge is -2.40. The van der Waals surface area contributed by atoms with Gasteiger partial charge in [-0.1, -0.05) is 0 Å². The second kappa shape index (κ2) is 6.04. The summed E-state index contributed by atoms with van der Waals surface area (Å²) in [6.07, 6.45) is -0.0922. The lowest BCUT2D eigenvalue weighted by atomic mass is 10.2.